The van der Waals surface area contributed by atoms with E-state index < -0.39 is 0 Å². The van der Waals surface area contributed by atoms with Gasteiger partial charge < -0.3 is 4.57 Å². The minimum atomic E-state index is 1.25. The van der Waals surface area contributed by atoms with Crippen molar-refractivity contribution in [3.8, 4) is 5.69 Å². The van der Waals surface area contributed by atoms with Crippen LogP contribution in [0, 0.1) is 13.8 Å². The zero-order chi connectivity index (χ0) is 11.8. The Morgan fingerprint density at radius 1 is 0.765 bits per heavy atom. The van der Waals surface area contributed by atoms with E-state index in [1.54, 1.807) is 0 Å². The van der Waals surface area contributed by atoms with Crippen LogP contribution in [0.25, 0.3) is 16.5 Å². The molecule has 3 rings (SSSR count). The molecule has 1 heteroatoms. The summed E-state index contributed by atoms with van der Waals surface area (Å²) in [6.07, 6.45) is 4.38. The van der Waals surface area contributed by atoms with Crippen LogP contribution in [0.3, 0.4) is 0 Å². The molecule has 0 saturated carbocycles. The quantitative estimate of drug-likeness (QED) is 0.579. The van der Waals surface area contributed by atoms with Gasteiger partial charge >= 0.3 is 0 Å². The lowest BCUT2D eigenvalue weighted by Crippen LogP contribution is -1.90. The van der Waals surface area contributed by atoms with E-state index in [4.69, 9.17) is 0 Å². The molecule has 1 heterocycles. The Morgan fingerprint density at radius 2 is 1.41 bits per heavy atom. The Kier molecular flexibility index (Phi) is 2.25. The number of hydrogen-bond acceptors (Lipinski definition) is 0. The number of benzene rings is 2. The molecular formula is C16H15N. The predicted molar refractivity (Wildman–Crippen MR) is 72.7 cm³/mol. The molecule has 0 fully saturated rings. The van der Waals surface area contributed by atoms with E-state index in [-0.39, 0.29) is 0 Å². The van der Waals surface area contributed by atoms with Crippen LogP contribution >= 0.6 is 0 Å². The highest BCUT2D eigenvalue weighted by atomic mass is 14.9. The Morgan fingerprint density at radius 3 is 2.18 bits per heavy atom. The molecule has 0 amide bonds. The number of nitrogens with zero attached hydrogens (tertiary/aromatic N) is 1. The molecular weight excluding hydrogens is 206 g/mol. The van der Waals surface area contributed by atoms with Gasteiger partial charge in [-0.25, -0.2) is 0 Å². The molecule has 0 atom stereocenters. The van der Waals surface area contributed by atoms with Crippen molar-refractivity contribution in [2.75, 3.05) is 0 Å². The van der Waals surface area contributed by atoms with Crippen LogP contribution in [0.4, 0.5) is 0 Å². The smallest absolute Gasteiger partial charge is 0.0527 e. The summed E-state index contributed by atoms with van der Waals surface area (Å²) >= 11 is 0. The van der Waals surface area contributed by atoms with E-state index in [0.717, 1.165) is 0 Å². The molecule has 3 aromatic rings. The summed E-state index contributed by atoms with van der Waals surface area (Å²) in [5.41, 5.74) is 3.91. The first-order chi connectivity index (χ1) is 8.25. The van der Waals surface area contributed by atoms with Crippen molar-refractivity contribution in [1.82, 2.24) is 4.57 Å². The molecule has 0 radical (unpaired) electrons. The first-order valence-electron chi connectivity index (χ1n) is 5.89. The van der Waals surface area contributed by atoms with Gasteiger partial charge in [0.15, 0.2) is 0 Å². The minimum absolute atomic E-state index is 1.25. The molecule has 2 aromatic carbocycles. The summed E-state index contributed by atoms with van der Waals surface area (Å²) in [5, 5.41) is 2.58. The molecule has 17 heavy (non-hydrogen) atoms. The lowest BCUT2D eigenvalue weighted by molar-refractivity contribution is 1.08. The van der Waals surface area contributed by atoms with Crippen LogP contribution in [-0.2, 0) is 0 Å². The summed E-state index contributed by atoms with van der Waals surface area (Å²) in [4.78, 5) is 0. The van der Waals surface area contributed by atoms with Crippen molar-refractivity contribution in [3.05, 3.63) is 66.0 Å². The van der Waals surface area contributed by atoms with Gasteiger partial charge in [-0.05, 0) is 36.4 Å². The second-order valence-electron chi connectivity index (χ2n) is 4.53. The second kappa shape index (κ2) is 3.77. The highest BCUT2D eigenvalue weighted by Gasteiger charge is 2.04. The first kappa shape index (κ1) is 10.2. The minimum Gasteiger partial charge on any atom is -0.323 e. The largest absolute Gasteiger partial charge is 0.323 e. The SMILES string of the molecule is Cc1cn(-c2cccc3ccccc23)cc1C. The normalized spacial score (nSPS) is 10.9. The molecule has 0 saturated heterocycles. The van der Waals surface area contributed by atoms with Crippen LogP contribution in [-0.4, -0.2) is 4.57 Å². The lowest BCUT2D eigenvalue weighted by atomic mass is 10.1. The zero-order valence-electron chi connectivity index (χ0n) is 10.1. The number of aromatic nitrogens is 1. The third kappa shape index (κ3) is 1.64. The number of aryl methyl sites for hydroxylation is 2. The molecule has 84 valence electrons. The van der Waals surface area contributed by atoms with E-state index >= 15 is 0 Å². The molecule has 0 bridgehead atoms. The fourth-order valence-corrected chi connectivity index (χ4v) is 2.23. The summed E-state index contributed by atoms with van der Waals surface area (Å²) < 4.78 is 2.22. The van der Waals surface area contributed by atoms with Crippen molar-refractivity contribution in [2.24, 2.45) is 0 Å². The maximum absolute atomic E-state index is 2.22. The predicted octanol–water partition coefficient (Wildman–Crippen LogP) is 4.25. The highest BCUT2D eigenvalue weighted by Crippen LogP contribution is 2.23. The Labute approximate surface area is 101 Å². The maximum Gasteiger partial charge on any atom is 0.0527 e. The van der Waals surface area contributed by atoms with E-state index in [1.807, 2.05) is 0 Å². The Bertz CT molecular complexity index is 652. The van der Waals surface area contributed by atoms with Crippen LogP contribution in [0.15, 0.2) is 54.9 Å². The van der Waals surface area contributed by atoms with Crippen LogP contribution < -0.4 is 0 Å². The number of fused-ring (bicyclic) bond motifs is 1. The fraction of sp³-hybridized carbons (Fsp3) is 0.125. The fourth-order valence-electron chi connectivity index (χ4n) is 2.23. The standard InChI is InChI=1S/C16H15N/c1-12-10-17(11-13(12)2)16-9-5-7-14-6-3-4-8-15(14)16/h3-11H,1-2H3. The summed E-state index contributed by atoms with van der Waals surface area (Å²) in [6, 6.07) is 14.9. The van der Waals surface area contributed by atoms with Crippen molar-refractivity contribution in [3.63, 3.8) is 0 Å². The molecule has 0 aliphatic heterocycles. The molecule has 0 unspecified atom stereocenters. The first-order valence-corrected chi connectivity index (χ1v) is 5.89. The molecule has 0 spiro atoms. The van der Waals surface area contributed by atoms with Gasteiger partial charge in [-0.1, -0.05) is 36.4 Å². The van der Waals surface area contributed by atoms with Gasteiger partial charge in [0.25, 0.3) is 0 Å². The van der Waals surface area contributed by atoms with E-state index in [0.29, 0.717) is 0 Å². The van der Waals surface area contributed by atoms with Gasteiger partial charge in [-0.3, -0.25) is 0 Å². The summed E-state index contributed by atoms with van der Waals surface area (Å²) in [5.74, 6) is 0. The molecule has 0 N–H and O–H groups in total. The van der Waals surface area contributed by atoms with Gasteiger partial charge in [0.2, 0.25) is 0 Å². The maximum atomic E-state index is 2.22. The van der Waals surface area contributed by atoms with E-state index in [2.05, 4.69) is 73.3 Å². The van der Waals surface area contributed by atoms with Gasteiger partial charge in [-0.2, -0.15) is 0 Å². The van der Waals surface area contributed by atoms with E-state index in [1.165, 1.54) is 27.6 Å². The van der Waals surface area contributed by atoms with Gasteiger partial charge in [0, 0.05) is 17.8 Å². The van der Waals surface area contributed by atoms with Crippen molar-refractivity contribution >= 4 is 10.8 Å². The molecule has 0 aliphatic rings. The third-order valence-corrected chi connectivity index (χ3v) is 3.33. The van der Waals surface area contributed by atoms with Crippen molar-refractivity contribution < 1.29 is 0 Å². The molecule has 1 nitrogen and oxygen atoms in total. The van der Waals surface area contributed by atoms with Crippen LogP contribution in [0.2, 0.25) is 0 Å². The Hall–Kier alpha value is -2.02. The van der Waals surface area contributed by atoms with Gasteiger partial charge in [-0.15, -0.1) is 0 Å². The van der Waals surface area contributed by atoms with Gasteiger partial charge in [0.05, 0.1) is 5.69 Å². The molecule has 1 aromatic heterocycles. The number of hydrogen-bond donors (Lipinski definition) is 0. The highest BCUT2D eigenvalue weighted by molar-refractivity contribution is 5.90. The van der Waals surface area contributed by atoms with Crippen LogP contribution in [0.5, 0.6) is 0 Å². The average molecular weight is 221 g/mol. The number of rotatable bonds is 1. The Balaban J connectivity index is 2.30. The third-order valence-electron chi connectivity index (χ3n) is 3.33. The summed E-state index contributed by atoms with van der Waals surface area (Å²) in [6.45, 7) is 4.30. The van der Waals surface area contributed by atoms with Crippen molar-refractivity contribution in [2.45, 2.75) is 13.8 Å². The van der Waals surface area contributed by atoms with Crippen molar-refractivity contribution in [1.29, 1.82) is 0 Å². The summed E-state index contributed by atoms with van der Waals surface area (Å²) in [7, 11) is 0. The lowest BCUT2D eigenvalue weighted by Gasteiger charge is -2.07. The monoisotopic (exact) mass is 221 g/mol. The van der Waals surface area contributed by atoms with Gasteiger partial charge in [0.1, 0.15) is 0 Å². The second-order valence-corrected chi connectivity index (χ2v) is 4.53. The molecule has 0 aliphatic carbocycles. The topological polar surface area (TPSA) is 4.93 Å². The van der Waals surface area contributed by atoms with Crippen LogP contribution in [0.1, 0.15) is 11.1 Å². The zero-order valence-corrected chi connectivity index (χ0v) is 10.1. The average Bonchev–Trinajstić information content (AvgIpc) is 2.69. The van der Waals surface area contributed by atoms with E-state index in [9.17, 15) is 0 Å².